The fourth-order valence-corrected chi connectivity index (χ4v) is 6.46. The van der Waals surface area contributed by atoms with Crippen LogP contribution in [-0.4, -0.2) is 44.5 Å². The van der Waals surface area contributed by atoms with Crippen LogP contribution in [0.2, 0.25) is 5.02 Å². The molecule has 8 nitrogen and oxygen atoms in total. The van der Waals surface area contributed by atoms with E-state index < -0.39 is 10.0 Å². The molecule has 174 valence electrons. The summed E-state index contributed by atoms with van der Waals surface area (Å²) in [6, 6.07) is 9.82. The number of hydrogen-bond donors (Lipinski definition) is 1. The zero-order valence-corrected chi connectivity index (χ0v) is 19.5. The predicted molar refractivity (Wildman–Crippen MR) is 120 cm³/mol. The summed E-state index contributed by atoms with van der Waals surface area (Å²) in [7, 11) is -3.73. The topological polar surface area (TPSA) is 102 Å². The first-order chi connectivity index (χ1) is 15.6. The van der Waals surface area contributed by atoms with Gasteiger partial charge in [0, 0.05) is 41.2 Å². The van der Waals surface area contributed by atoms with Gasteiger partial charge in [-0.05, 0) is 49.1 Å². The first kappa shape index (κ1) is 22.2. The molecule has 1 saturated heterocycles. The van der Waals surface area contributed by atoms with Crippen LogP contribution in [0.5, 0.6) is 5.75 Å². The van der Waals surface area contributed by atoms with Crippen molar-refractivity contribution in [1.29, 1.82) is 0 Å². The molecule has 2 heterocycles. The third-order valence-electron chi connectivity index (χ3n) is 6.36. The standard InChI is InChI=1S/C23H23ClN2O6S/c1-14-4-15(6-17(24)5-14)11-31-22(28)26-12-23(13-26)9-18(10-23)25-33(29,30)19-3-2-16-7-21(27)32-20(16)8-19/h2-6,8,18,25H,7,9-13H2,1H3. The second kappa shape index (κ2) is 8.00. The molecule has 1 N–H and O–H groups in total. The minimum absolute atomic E-state index is 0.0632. The molecule has 2 aliphatic heterocycles. The number of ether oxygens (including phenoxy) is 2. The molecule has 0 aromatic heterocycles. The van der Waals surface area contributed by atoms with Crippen molar-refractivity contribution in [3.8, 4) is 5.75 Å². The number of nitrogens with zero attached hydrogens (tertiary/aromatic N) is 1. The molecule has 1 saturated carbocycles. The molecule has 10 heteroatoms. The molecule has 2 fully saturated rings. The Balaban J connectivity index is 1.10. The lowest BCUT2D eigenvalue weighted by atomic mass is 9.61. The maximum Gasteiger partial charge on any atom is 0.410 e. The summed E-state index contributed by atoms with van der Waals surface area (Å²) in [6.45, 7) is 3.18. The molecule has 3 aliphatic rings. The average molecular weight is 491 g/mol. The Morgan fingerprint density at radius 2 is 2.00 bits per heavy atom. The van der Waals surface area contributed by atoms with Crippen LogP contribution >= 0.6 is 11.6 Å². The van der Waals surface area contributed by atoms with Crippen LogP contribution in [0.15, 0.2) is 41.3 Å². The maximum atomic E-state index is 12.7. The summed E-state index contributed by atoms with van der Waals surface area (Å²) < 4.78 is 38.6. The van der Waals surface area contributed by atoms with Crippen molar-refractivity contribution in [3.63, 3.8) is 0 Å². The highest BCUT2D eigenvalue weighted by Crippen LogP contribution is 2.49. The Hall–Kier alpha value is -2.62. The van der Waals surface area contributed by atoms with Gasteiger partial charge in [0.1, 0.15) is 12.4 Å². The van der Waals surface area contributed by atoms with Crippen molar-refractivity contribution in [2.75, 3.05) is 13.1 Å². The van der Waals surface area contributed by atoms with Crippen molar-refractivity contribution in [2.24, 2.45) is 5.41 Å². The zero-order valence-electron chi connectivity index (χ0n) is 18.0. The molecule has 0 bridgehead atoms. The van der Waals surface area contributed by atoms with Gasteiger partial charge >= 0.3 is 12.1 Å². The Bertz CT molecular complexity index is 1230. The smallest absolute Gasteiger partial charge is 0.410 e. The second-order valence-corrected chi connectivity index (χ2v) is 11.3. The molecule has 33 heavy (non-hydrogen) atoms. The highest BCUT2D eigenvalue weighted by Gasteiger charge is 2.54. The summed E-state index contributed by atoms with van der Waals surface area (Å²) in [6.07, 6.45) is 1.09. The minimum Gasteiger partial charge on any atom is -0.445 e. The van der Waals surface area contributed by atoms with Crippen LogP contribution in [0, 0.1) is 12.3 Å². The predicted octanol–water partition coefficient (Wildman–Crippen LogP) is 3.19. The third-order valence-corrected chi connectivity index (χ3v) is 8.10. The summed E-state index contributed by atoms with van der Waals surface area (Å²) in [4.78, 5) is 25.4. The summed E-state index contributed by atoms with van der Waals surface area (Å²) in [5.74, 6) is -0.0850. The lowest BCUT2D eigenvalue weighted by molar-refractivity contribution is -0.131. The SMILES string of the molecule is Cc1cc(Cl)cc(COC(=O)N2CC3(CC(NS(=O)(=O)c4ccc5c(c4)OC(=O)C5)C3)C2)c1. The highest BCUT2D eigenvalue weighted by atomic mass is 35.5. The first-order valence-electron chi connectivity index (χ1n) is 10.6. The van der Waals surface area contributed by atoms with Gasteiger partial charge in [0.05, 0.1) is 11.3 Å². The molecule has 0 unspecified atom stereocenters. The zero-order chi connectivity index (χ0) is 23.4. The Morgan fingerprint density at radius 1 is 1.24 bits per heavy atom. The molecule has 0 atom stereocenters. The van der Waals surface area contributed by atoms with Crippen molar-refractivity contribution in [2.45, 2.75) is 43.7 Å². The average Bonchev–Trinajstić information content (AvgIpc) is 3.05. The van der Waals surface area contributed by atoms with Crippen molar-refractivity contribution in [3.05, 3.63) is 58.1 Å². The van der Waals surface area contributed by atoms with E-state index in [1.54, 1.807) is 17.0 Å². The van der Waals surface area contributed by atoms with Crippen LogP contribution in [0.4, 0.5) is 4.79 Å². The Morgan fingerprint density at radius 3 is 2.73 bits per heavy atom. The highest BCUT2D eigenvalue weighted by molar-refractivity contribution is 7.89. The van der Waals surface area contributed by atoms with E-state index in [0.717, 1.165) is 11.1 Å². The van der Waals surface area contributed by atoms with Gasteiger partial charge in [-0.25, -0.2) is 17.9 Å². The van der Waals surface area contributed by atoms with E-state index in [2.05, 4.69) is 4.72 Å². The van der Waals surface area contributed by atoms with E-state index in [4.69, 9.17) is 21.1 Å². The number of fused-ring (bicyclic) bond motifs is 1. The summed E-state index contributed by atoms with van der Waals surface area (Å²) in [5.41, 5.74) is 2.46. The molecule has 2 aromatic rings. The van der Waals surface area contributed by atoms with Crippen LogP contribution < -0.4 is 9.46 Å². The normalized spacial score (nSPS) is 19.0. The molecule has 5 rings (SSSR count). The number of rotatable bonds is 5. The number of benzene rings is 2. The van der Waals surface area contributed by atoms with E-state index in [1.807, 2.05) is 19.1 Å². The van der Waals surface area contributed by atoms with Crippen LogP contribution in [-0.2, 0) is 32.6 Å². The molecule has 0 radical (unpaired) electrons. The lowest BCUT2D eigenvalue weighted by Crippen LogP contribution is -2.67. The van der Waals surface area contributed by atoms with E-state index in [-0.39, 0.29) is 41.4 Å². The third kappa shape index (κ3) is 4.45. The van der Waals surface area contributed by atoms with Crippen LogP contribution in [0.1, 0.15) is 29.5 Å². The van der Waals surface area contributed by atoms with Gasteiger partial charge in [0.15, 0.2) is 0 Å². The van der Waals surface area contributed by atoms with Crippen molar-refractivity contribution >= 4 is 33.7 Å². The first-order valence-corrected chi connectivity index (χ1v) is 12.5. The number of hydrogen-bond acceptors (Lipinski definition) is 6. The van der Waals surface area contributed by atoms with Gasteiger partial charge in [-0.3, -0.25) is 4.79 Å². The molecular formula is C23H23ClN2O6S. The molecule has 1 spiro atoms. The largest absolute Gasteiger partial charge is 0.445 e. The number of aryl methyl sites for hydroxylation is 1. The number of carbonyl (C=O) groups is 2. The van der Waals surface area contributed by atoms with E-state index >= 15 is 0 Å². The van der Waals surface area contributed by atoms with E-state index in [0.29, 0.717) is 42.3 Å². The number of halogens is 1. The number of nitrogens with one attached hydrogen (secondary N) is 1. The number of esters is 1. The monoisotopic (exact) mass is 490 g/mol. The quantitative estimate of drug-likeness (QED) is 0.510. The van der Waals surface area contributed by atoms with Crippen molar-refractivity contribution < 1.29 is 27.5 Å². The van der Waals surface area contributed by atoms with E-state index in [9.17, 15) is 18.0 Å². The maximum absolute atomic E-state index is 12.7. The Labute approximate surface area is 196 Å². The molecule has 2 aromatic carbocycles. The van der Waals surface area contributed by atoms with Crippen molar-refractivity contribution in [1.82, 2.24) is 9.62 Å². The van der Waals surface area contributed by atoms with Gasteiger partial charge in [0.2, 0.25) is 10.0 Å². The van der Waals surface area contributed by atoms with Gasteiger partial charge < -0.3 is 14.4 Å². The van der Waals surface area contributed by atoms with Crippen LogP contribution in [0.3, 0.4) is 0 Å². The second-order valence-electron chi connectivity index (χ2n) is 9.19. The fourth-order valence-electron chi connectivity index (χ4n) is 4.90. The Kier molecular flexibility index (Phi) is 5.38. The lowest BCUT2D eigenvalue weighted by Gasteiger charge is -2.58. The number of amides is 1. The van der Waals surface area contributed by atoms with Gasteiger partial charge in [-0.2, -0.15) is 0 Å². The summed E-state index contributed by atoms with van der Waals surface area (Å²) in [5, 5.41) is 0.604. The number of likely N-dealkylation sites (tertiary alicyclic amines) is 1. The van der Waals surface area contributed by atoms with E-state index in [1.165, 1.54) is 12.1 Å². The minimum atomic E-state index is -3.73. The molecule has 1 aliphatic carbocycles. The van der Waals surface area contributed by atoms with Gasteiger partial charge in [0.25, 0.3) is 0 Å². The number of carbonyl (C=O) groups excluding carboxylic acids is 2. The van der Waals surface area contributed by atoms with Gasteiger partial charge in [-0.1, -0.05) is 23.7 Å². The van der Waals surface area contributed by atoms with Gasteiger partial charge in [-0.15, -0.1) is 0 Å². The molecule has 1 amide bonds. The van der Waals surface area contributed by atoms with Crippen LogP contribution in [0.25, 0.3) is 0 Å². The fraction of sp³-hybridized carbons (Fsp3) is 0.391. The number of sulfonamides is 1. The summed E-state index contributed by atoms with van der Waals surface area (Å²) >= 11 is 6.04. The molecular weight excluding hydrogens is 468 g/mol.